The average molecular weight is 397 g/mol. The summed E-state index contributed by atoms with van der Waals surface area (Å²) in [5.41, 5.74) is 4.57. The van der Waals surface area contributed by atoms with Gasteiger partial charge < -0.3 is 4.42 Å². The Kier molecular flexibility index (Phi) is 3.42. The smallest absolute Gasteiger partial charge is 0.142 e. The van der Waals surface area contributed by atoms with Crippen LogP contribution in [-0.2, 0) is 6.42 Å². The Morgan fingerprint density at radius 2 is 1.52 bits per heavy atom. The first-order chi connectivity index (χ1) is 15.4. The summed E-state index contributed by atoms with van der Waals surface area (Å²) in [6.45, 7) is 0. The van der Waals surface area contributed by atoms with Crippen LogP contribution in [0.2, 0.25) is 0 Å². The Balaban J connectivity index is 1.57. The predicted octanol–water partition coefficient (Wildman–Crippen LogP) is 7.91. The van der Waals surface area contributed by atoms with Gasteiger partial charge in [-0.25, -0.2) is 0 Å². The zero-order chi connectivity index (χ0) is 20.4. The zero-order valence-corrected chi connectivity index (χ0v) is 16.9. The normalized spacial score (nSPS) is 13.4. The van der Waals surface area contributed by atoms with Crippen LogP contribution in [0.1, 0.15) is 17.7 Å². The van der Waals surface area contributed by atoms with Gasteiger partial charge in [0.2, 0.25) is 0 Å². The van der Waals surface area contributed by atoms with Gasteiger partial charge in [0.05, 0.1) is 0 Å². The third kappa shape index (κ3) is 2.36. The lowest BCUT2D eigenvalue weighted by Crippen LogP contribution is -1.87. The van der Waals surface area contributed by atoms with E-state index in [0.29, 0.717) is 0 Å². The Morgan fingerprint density at radius 3 is 2.45 bits per heavy atom. The van der Waals surface area contributed by atoms with Gasteiger partial charge in [0.15, 0.2) is 0 Å². The molecule has 2 aromatic heterocycles. The molecule has 0 radical (unpaired) electrons. The molecule has 0 saturated carbocycles. The molecule has 31 heavy (non-hydrogen) atoms. The van der Waals surface area contributed by atoms with Crippen LogP contribution in [0.4, 0.5) is 0 Å². The van der Waals surface area contributed by atoms with E-state index in [9.17, 15) is 0 Å². The second-order valence-electron chi connectivity index (χ2n) is 8.29. The van der Waals surface area contributed by atoms with Crippen molar-refractivity contribution in [2.75, 3.05) is 0 Å². The van der Waals surface area contributed by atoms with E-state index < -0.39 is 0 Å². The van der Waals surface area contributed by atoms with Crippen molar-refractivity contribution in [3.05, 3.63) is 96.5 Å². The van der Waals surface area contributed by atoms with Gasteiger partial charge in [0, 0.05) is 40.7 Å². The molecule has 0 fully saturated rings. The molecule has 0 amide bonds. The van der Waals surface area contributed by atoms with Gasteiger partial charge in [0.25, 0.3) is 0 Å². The molecule has 0 atom stereocenters. The van der Waals surface area contributed by atoms with E-state index in [2.05, 4.69) is 83.9 Å². The molecule has 0 aliphatic heterocycles. The molecule has 0 saturated heterocycles. The van der Waals surface area contributed by atoms with E-state index in [0.717, 1.165) is 29.7 Å². The summed E-state index contributed by atoms with van der Waals surface area (Å²) >= 11 is 0. The molecule has 146 valence electrons. The van der Waals surface area contributed by atoms with Gasteiger partial charge in [-0.3, -0.25) is 4.98 Å². The number of benzene rings is 4. The molecule has 6 aromatic rings. The summed E-state index contributed by atoms with van der Waals surface area (Å²) in [6.07, 6.45) is 10.3. The number of aromatic nitrogens is 1. The van der Waals surface area contributed by atoms with Crippen molar-refractivity contribution in [2.24, 2.45) is 0 Å². The molecule has 0 N–H and O–H groups in total. The highest BCUT2D eigenvalue weighted by atomic mass is 16.3. The van der Waals surface area contributed by atoms with Crippen LogP contribution in [-0.4, -0.2) is 4.98 Å². The Bertz CT molecular complexity index is 1650. The number of nitrogens with zero attached hydrogens (tertiary/aromatic N) is 1. The molecule has 2 heterocycles. The molecule has 2 nitrogen and oxygen atoms in total. The summed E-state index contributed by atoms with van der Waals surface area (Å²) < 4.78 is 6.38. The largest absolute Gasteiger partial charge is 0.460 e. The number of allylic oxidation sites excluding steroid dienone is 1. The van der Waals surface area contributed by atoms with Crippen molar-refractivity contribution < 1.29 is 4.42 Å². The molecule has 0 unspecified atom stereocenters. The molecule has 0 bridgehead atoms. The van der Waals surface area contributed by atoms with E-state index in [1.807, 2.05) is 12.4 Å². The van der Waals surface area contributed by atoms with E-state index in [4.69, 9.17) is 4.42 Å². The van der Waals surface area contributed by atoms with Crippen molar-refractivity contribution in [3.63, 3.8) is 0 Å². The topological polar surface area (TPSA) is 26.0 Å². The zero-order valence-electron chi connectivity index (χ0n) is 16.9. The maximum atomic E-state index is 6.38. The van der Waals surface area contributed by atoms with E-state index in [1.54, 1.807) is 0 Å². The van der Waals surface area contributed by atoms with E-state index in [1.165, 1.54) is 48.8 Å². The molecule has 1 aliphatic rings. The van der Waals surface area contributed by atoms with Crippen LogP contribution < -0.4 is 0 Å². The van der Waals surface area contributed by atoms with Crippen molar-refractivity contribution in [1.29, 1.82) is 0 Å². The van der Waals surface area contributed by atoms with Crippen molar-refractivity contribution in [3.8, 4) is 11.1 Å². The number of fused-ring (bicyclic) bond motifs is 9. The van der Waals surface area contributed by atoms with Crippen molar-refractivity contribution in [1.82, 2.24) is 4.98 Å². The summed E-state index contributed by atoms with van der Waals surface area (Å²) in [5, 5.41) is 8.67. The van der Waals surface area contributed by atoms with Gasteiger partial charge in [-0.15, -0.1) is 0 Å². The number of hydrogen-bond acceptors (Lipinski definition) is 2. The number of rotatable bonds is 1. The lowest BCUT2D eigenvalue weighted by molar-refractivity contribution is 0.547. The highest BCUT2D eigenvalue weighted by molar-refractivity contribution is 6.25. The second-order valence-corrected chi connectivity index (χ2v) is 8.29. The van der Waals surface area contributed by atoms with Crippen LogP contribution in [0, 0.1) is 0 Å². The highest BCUT2D eigenvalue weighted by Crippen LogP contribution is 2.40. The Hall–Kier alpha value is -3.91. The van der Waals surface area contributed by atoms with Crippen LogP contribution in [0.5, 0.6) is 0 Å². The second kappa shape index (κ2) is 6.29. The Labute approximate surface area is 179 Å². The lowest BCUT2D eigenvalue weighted by Gasteiger charge is -2.12. The standard InChI is InChI=1S/C29H19NO/c1-2-7-21-20(6-1)22-13-12-18(16-26(22)23-14-15-30-17-27(21)23)19-9-5-10-25-24-8-3-4-11-28(24)31-29(19)25/h1-3,5-10,12-17H,4,11H2. The van der Waals surface area contributed by atoms with E-state index in [-0.39, 0.29) is 0 Å². The van der Waals surface area contributed by atoms with Gasteiger partial charge >= 0.3 is 0 Å². The molecule has 1 aliphatic carbocycles. The third-order valence-corrected chi connectivity index (χ3v) is 6.60. The number of hydrogen-bond donors (Lipinski definition) is 0. The van der Waals surface area contributed by atoms with Crippen LogP contribution in [0.25, 0.3) is 60.5 Å². The number of para-hydroxylation sites is 1. The predicted molar refractivity (Wildman–Crippen MR) is 129 cm³/mol. The fourth-order valence-electron chi connectivity index (χ4n) is 5.17. The van der Waals surface area contributed by atoms with Crippen molar-refractivity contribution >= 4 is 49.4 Å². The summed E-state index contributed by atoms with van der Waals surface area (Å²) in [4.78, 5) is 4.41. The first kappa shape index (κ1) is 16.8. The minimum atomic E-state index is 0.974. The third-order valence-electron chi connectivity index (χ3n) is 6.60. The van der Waals surface area contributed by atoms with Crippen molar-refractivity contribution in [2.45, 2.75) is 12.8 Å². The SMILES string of the molecule is C1=Cc2c(oc3c(-c4ccc5c6ccccc6c6cnccc6c5c4)cccc23)CC1. The maximum Gasteiger partial charge on any atom is 0.142 e. The monoisotopic (exact) mass is 397 g/mol. The summed E-state index contributed by atoms with van der Waals surface area (Å²) in [7, 11) is 0. The molecular weight excluding hydrogens is 378 g/mol. The van der Waals surface area contributed by atoms with Gasteiger partial charge in [-0.1, -0.05) is 66.7 Å². The number of pyridine rings is 1. The minimum absolute atomic E-state index is 0.974. The van der Waals surface area contributed by atoms with Crippen LogP contribution in [0.15, 0.2) is 89.6 Å². The maximum absolute atomic E-state index is 6.38. The molecule has 2 heteroatoms. The lowest BCUT2D eigenvalue weighted by atomic mass is 9.92. The average Bonchev–Trinajstić information content (AvgIpc) is 3.23. The van der Waals surface area contributed by atoms with E-state index >= 15 is 0 Å². The van der Waals surface area contributed by atoms with Gasteiger partial charge in [0.1, 0.15) is 11.3 Å². The number of furan rings is 1. The van der Waals surface area contributed by atoms with Crippen LogP contribution in [0.3, 0.4) is 0 Å². The fourth-order valence-corrected chi connectivity index (χ4v) is 5.17. The minimum Gasteiger partial charge on any atom is -0.460 e. The highest BCUT2D eigenvalue weighted by Gasteiger charge is 2.18. The molecule has 4 aromatic carbocycles. The number of aryl methyl sites for hydroxylation is 1. The first-order valence-electron chi connectivity index (χ1n) is 10.8. The molecule has 7 rings (SSSR count). The van der Waals surface area contributed by atoms with Crippen LogP contribution >= 0.6 is 0 Å². The van der Waals surface area contributed by atoms with Gasteiger partial charge in [-0.05, 0) is 51.0 Å². The summed E-state index contributed by atoms with van der Waals surface area (Å²) in [6, 6.07) is 24.0. The molecular formula is C29H19NO. The Morgan fingerprint density at radius 1 is 0.710 bits per heavy atom. The fraction of sp³-hybridized carbons (Fsp3) is 0.0690. The quantitative estimate of drug-likeness (QED) is 0.263. The summed E-state index contributed by atoms with van der Waals surface area (Å²) in [5.74, 6) is 1.10. The first-order valence-corrected chi connectivity index (χ1v) is 10.8. The molecule has 0 spiro atoms. The van der Waals surface area contributed by atoms with Gasteiger partial charge in [-0.2, -0.15) is 0 Å².